The van der Waals surface area contributed by atoms with Crippen molar-refractivity contribution in [2.24, 2.45) is 16.5 Å². The second kappa shape index (κ2) is 14.9. The molecule has 45 heavy (non-hydrogen) atoms. The summed E-state index contributed by atoms with van der Waals surface area (Å²) in [5.74, 6) is 0.932. The molecule has 9 heteroatoms. The summed E-state index contributed by atoms with van der Waals surface area (Å²) in [5, 5.41) is 5.82. The zero-order valence-corrected chi connectivity index (χ0v) is 24.4. The van der Waals surface area contributed by atoms with Crippen LogP contribution in [0, 0.1) is 0 Å². The summed E-state index contributed by atoms with van der Waals surface area (Å²) in [6, 6.07) is 39.1. The van der Waals surface area contributed by atoms with Gasteiger partial charge in [0.1, 0.15) is 29.9 Å². The Hall–Kier alpha value is -6.09. The van der Waals surface area contributed by atoms with Crippen LogP contribution in [-0.4, -0.2) is 17.8 Å². The van der Waals surface area contributed by atoms with E-state index in [1.807, 2.05) is 72.8 Å². The number of ether oxygens (including phenoxy) is 2. The topological polar surface area (TPSA) is 141 Å². The fourth-order valence-electron chi connectivity index (χ4n) is 4.47. The Morgan fingerprint density at radius 1 is 0.689 bits per heavy atom. The molecule has 0 saturated carbocycles. The summed E-state index contributed by atoms with van der Waals surface area (Å²) in [6.45, 7) is 0.635. The Kier molecular flexibility index (Phi) is 10.0. The van der Waals surface area contributed by atoms with Crippen LogP contribution < -0.4 is 31.6 Å². The number of carbonyl (C=O) groups is 2. The Bertz CT molecular complexity index is 1740. The molecule has 0 aliphatic heterocycles. The van der Waals surface area contributed by atoms with Gasteiger partial charge < -0.3 is 31.6 Å². The molecule has 2 amide bonds. The van der Waals surface area contributed by atoms with Crippen molar-refractivity contribution in [1.29, 1.82) is 0 Å². The number of nitrogens with two attached hydrogens (primary N) is 2. The summed E-state index contributed by atoms with van der Waals surface area (Å²) in [7, 11) is 0. The van der Waals surface area contributed by atoms with Gasteiger partial charge in [-0.2, -0.15) is 0 Å². The number of amides is 2. The summed E-state index contributed by atoms with van der Waals surface area (Å²) < 4.78 is 11.8. The van der Waals surface area contributed by atoms with Crippen LogP contribution in [0.2, 0.25) is 0 Å². The van der Waals surface area contributed by atoms with E-state index in [0.717, 1.165) is 11.1 Å². The lowest BCUT2D eigenvalue weighted by molar-refractivity contribution is -0.123. The largest absolute Gasteiger partial charge is 0.489 e. The van der Waals surface area contributed by atoms with E-state index in [0.29, 0.717) is 40.7 Å². The molecule has 226 valence electrons. The maximum absolute atomic E-state index is 13.6. The molecule has 0 spiro atoms. The van der Waals surface area contributed by atoms with Crippen LogP contribution in [0.25, 0.3) is 0 Å². The maximum Gasteiger partial charge on any atom is 0.252 e. The number of rotatable bonds is 12. The van der Waals surface area contributed by atoms with Gasteiger partial charge in [-0.25, -0.2) is 4.99 Å². The highest BCUT2D eigenvalue weighted by molar-refractivity contribution is 5.98. The monoisotopic (exact) mass is 599 g/mol. The number of nitrogens with zero attached hydrogens (tertiary/aromatic N) is 1. The van der Waals surface area contributed by atoms with Crippen LogP contribution in [-0.2, 0) is 17.9 Å². The molecule has 0 fully saturated rings. The molecule has 0 heterocycles. The molecule has 0 aliphatic carbocycles. The SMILES string of the molecule is NC(N)=Nc1ccc(CNC(=O)[C@@H](NC(=O)c2cccc(Oc3ccccc3)c2)c2ccc(OCc3ccccc3)cc2)cc1. The number of guanidine groups is 1. The number of para-hydroxylation sites is 1. The predicted molar refractivity (Wildman–Crippen MR) is 174 cm³/mol. The first kappa shape index (κ1) is 30.4. The second-order valence-corrected chi connectivity index (χ2v) is 10.1. The average Bonchev–Trinajstić information content (AvgIpc) is 3.07. The molecule has 0 unspecified atom stereocenters. The molecule has 9 nitrogen and oxygen atoms in total. The fraction of sp³-hybridized carbons (Fsp3) is 0.0833. The maximum atomic E-state index is 13.6. The predicted octanol–water partition coefficient (Wildman–Crippen LogP) is 5.75. The van der Waals surface area contributed by atoms with Crippen LogP contribution >= 0.6 is 0 Å². The van der Waals surface area contributed by atoms with Gasteiger partial charge in [-0.3, -0.25) is 9.59 Å². The normalized spacial score (nSPS) is 11.1. The van der Waals surface area contributed by atoms with E-state index in [-0.39, 0.29) is 18.4 Å². The van der Waals surface area contributed by atoms with Crippen molar-refractivity contribution in [2.75, 3.05) is 0 Å². The molecular formula is C36H33N5O4. The second-order valence-electron chi connectivity index (χ2n) is 10.1. The van der Waals surface area contributed by atoms with Crippen LogP contribution in [0.5, 0.6) is 17.2 Å². The fourth-order valence-corrected chi connectivity index (χ4v) is 4.47. The van der Waals surface area contributed by atoms with E-state index in [1.54, 1.807) is 60.7 Å². The number of benzene rings is 5. The van der Waals surface area contributed by atoms with E-state index >= 15 is 0 Å². The molecule has 5 aromatic carbocycles. The van der Waals surface area contributed by atoms with Gasteiger partial charge in [0.25, 0.3) is 5.91 Å². The van der Waals surface area contributed by atoms with Gasteiger partial charge in [-0.1, -0.05) is 78.9 Å². The summed E-state index contributed by atoms with van der Waals surface area (Å²) in [6.07, 6.45) is 0. The lowest BCUT2D eigenvalue weighted by atomic mass is 10.0. The van der Waals surface area contributed by atoms with E-state index in [4.69, 9.17) is 20.9 Å². The highest BCUT2D eigenvalue weighted by Gasteiger charge is 2.24. The first-order valence-corrected chi connectivity index (χ1v) is 14.3. The van der Waals surface area contributed by atoms with Crippen LogP contribution in [0.1, 0.15) is 33.1 Å². The van der Waals surface area contributed by atoms with E-state index in [9.17, 15) is 9.59 Å². The van der Waals surface area contributed by atoms with Crippen molar-refractivity contribution >= 4 is 23.5 Å². The molecular weight excluding hydrogens is 566 g/mol. The quantitative estimate of drug-likeness (QED) is 0.106. The van der Waals surface area contributed by atoms with Crippen molar-refractivity contribution in [3.05, 3.63) is 156 Å². The first-order valence-electron chi connectivity index (χ1n) is 14.3. The van der Waals surface area contributed by atoms with Gasteiger partial charge in [0.2, 0.25) is 5.91 Å². The number of nitrogens with one attached hydrogen (secondary N) is 2. The van der Waals surface area contributed by atoms with E-state index in [1.165, 1.54) is 0 Å². The lowest BCUT2D eigenvalue weighted by Crippen LogP contribution is -2.40. The van der Waals surface area contributed by atoms with E-state index in [2.05, 4.69) is 15.6 Å². The minimum Gasteiger partial charge on any atom is -0.489 e. The van der Waals surface area contributed by atoms with Gasteiger partial charge in [0.15, 0.2) is 5.96 Å². The molecule has 0 aliphatic rings. The third kappa shape index (κ3) is 8.95. The zero-order valence-electron chi connectivity index (χ0n) is 24.4. The number of carbonyl (C=O) groups excluding carboxylic acids is 2. The van der Waals surface area contributed by atoms with Crippen LogP contribution in [0.3, 0.4) is 0 Å². The third-order valence-electron chi connectivity index (χ3n) is 6.74. The van der Waals surface area contributed by atoms with E-state index < -0.39 is 11.9 Å². The summed E-state index contributed by atoms with van der Waals surface area (Å²) >= 11 is 0. The molecule has 6 N–H and O–H groups in total. The van der Waals surface area contributed by atoms with Crippen molar-refractivity contribution < 1.29 is 19.1 Å². The Balaban J connectivity index is 1.31. The number of hydrogen-bond donors (Lipinski definition) is 4. The van der Waals surface area contributed by atoms with Gasteiger partial charge >= 0.3 is 0 Å². The van der Waals surface area contributed by atoms with Crippen LogP contribution in [0.15, 0.2) is 138 Å². The standard InChI is InChI=1S/C36H33N5O4/c37-36(38)40-29-18-14-25(15-19-29)23-39-35(43)33(27-16-20-30(21-17-27)44-24-26-8-3-1-4-9-26)41-34(42)28-10-7-13-32(22-28)45-31-11-5-2-6-12-31/h1-22,33H,23-24H2,(H,39,43)(H,41,42)(H4,37,38,40)/t33-/m0/s1. The smallest absolute Gasteiger partial charge is 0.252 e. The minimum absolute atomic E-state index is 0.0386. The lowest BCUT2D eigenvalue weighted by Gasteiger charge is -2.20. The summed E-state index contributed by atoms with van der Waals surface area (Å²) in [4.78, 5) is 31.0. The van der Waals surface area contributed by atoms with Gasteiger partial charge in [-0.05, 0) is 71.3 Å². The Labute approximate surface area is 261 Å². The number of hydrogen-bond acceptors (Lipinski definition) is 5. The molecule has 0 bridgehead atoms. The van der Waals surface area contributed by atoms with Gasteiger partial charge in [0.05, 0.1) is 5.69 Å². The van der Waals surface area contributed by atoms with Crippen molar-refractivity contribution in [1.82, 2.24) is 10.6 Å². The van der Waals surface area contributed by atoms with Crippen molar-refractivity contribution in [3.63, 3.8) is 0 Å². The van der Waals surface area contributed by atoms with Gasteiger partial charge in [-0.15, -0.1) is 0 Å². The molecule has 0 saturated heterocycles. The van der Waals surface area contributed by atoms with Crippen molar-refractivity contribution in [2.45, 2.75) is 19.2 Å². The zero-order chi connectivity index (χ0) is 31.4. The third-order valence-corrected chi connectivity index (χ3v) is 6.74. The van der Waals surface area contributed by atoms with Crippen LogP contribution in [0.4, 0.5) is 5.69 Å². The summed E-state index contributed by atoms with van der Waals surface area (Å²) in [5.41, 5.74) is 14.3. The first-order chi connectivity index (χ1) is 21.9. The van der Waals surface area contributed by atoms with Crippen molar-refractivity contribution in [3.8, 4) is 17.2 Å². The highest BCUT2D eigenvalue weighted by atomic mass is 16.5. The molecule has 5 aromatic rings. The average molecular weight is 600 g/mol. The molecule has 1 atom stereocenters. The van der Waals surface area contributed by atoms with Gasteiger partial charge in [0, 0.05) is 12.1 Å². The number of aliphatic imine (C=N–C) groups is 1. The Morgan fingerprint density at radius 2 is 1.36 bits per heavy atom. The minimum atomic E-state index is -0.986. The Morgan fingerprint density at radius 3 is 2.04 bits per heavy atom. The molecule has 0 aromatic heterocycles. The molecule has 5 rings (SSSR count). The molecule has 0 radical (unpaired) electrons. The highest BCUT2D eigenvalue weighted by Crippen LogP contribution is 2.24.